The Morgan fingerprint density at radius 1 is 1.27 bits per heavy atom. The van der Waals surface area contributed by atoms with Crippen LogP contribution in [0.1, 0.15) is 29.5 Å². The van der Waals surface area contributed by atoms with Gasteiger partial charge >= 0.3 is 0 Å². The molecule has 3 aromatic heterocycles. The molecule has 0 saturated carbocycles. The first-order valence-corrected chi connectivity index (χ1v) is 9.22. The number of benzene rings is 1. The molecule has 0 saturated heterocycles. The van der Waals surface area contributed by atoms with Crippen LogP contribution in [-0.2, 0) is 6.54 Å². The number of imidazole rings is 1. The van der Waals surface area contributed by atoms with Crippen molar-refractivity contribution < 1.29 is 4.79 Å². The van der Waals surface area contributed by atoms with E-state index in [2.05, 4.69) is 19.9 Å². The van der Waals surface area contributed by atoms with Crippen LogP contribution in [0.5, 0.6) is 0 Å². The first-order chi connectivity index (χ1) is 12.7. The minimum absolute atomic E-state index is 0.101. The zero-order chi connectivity index (χ0) is 18.1. The molecule has 8 heteroatoms. The highest BCUT2D eigenvalue weighted by Gasteiger charge is 2.18. The van der Waals surface area contributed by atoms with Gasteiger partial charge in [-0.25, -0.2) is 9.97 Å². The average Bonchev–Trinajstić information content (AvgIpc) is 3.29. The molecule has 0 aliphatic heterocycles. The van der Waals surface area contributed by atoms with Crippen LogP contribution >= 0.6 is 11.3 Å². The molecule has 4 rings (SSSR count). The van der Waals surface area contributed by atoms with Crippen LogP contribution < -0.4 is 5.56 Å². The van der Waals surface area contributed by atoms with E-state index in [0.29, 0.717) is 28.1 Å². The molecule has 0 unspecified atom stereocenters. The van der Waals surface area contributed by atoms with E-state index >= 15 is 0 Å². The highest BCUT2D eigenvalue weighted by Crippen LogP contribution is 2.17. The quantitative estimate of drug-likeness (QED) is 0.567. The Morgan fingerprint density at radius 2 is 2.15 bits per heavy atom. The lowest BCUT2D eigenvalue weighted by Gasteiger charge is -2.21. The van der Waals surface area contributed by atoms with Crippen LogP contribution in [0, 0.1) is 0 Å². The van der Waals surface area contributed by atoms with Gasteiger partial charge < -0.3 is 14.9 Å². The minimum Gasteiger partial charge on any atom is -0.345 e. The molecular weight excluding hydrogens is 350 g/mol. The van der Waals surface area contributed by atoms with E-state index < -0.39 is 0 Å². The smallest absolute Gasteiger partial charge is 0.268 e. The summed E-state index contributed by atoms with van der Waals surface area (Å²) in [6.07, 6.45) is 2.41. The molecule has 26 heavy (non-hydrogen) atoms. The Balaban J connectivity index is 1.65. The Morgan fingerprint density at radius 3 is 3.00 bits per heavy atom. The third kappa shape index (κ3) is 2.99. The number of nitrogens with zero attached hydrogens (tertiary/aromatic N) is 3. The number of thiophene rings is 1. The van der Waals surface area contributed by atoms with Gasteiger partial charge in [0.05, 0.1) is 29.4 Å². The largest absolute Gasteiger partial charge is 0.345 e. The van der Waals surface area contributed by atoms with Crippen molar-refractivity contribution >= 4 is 38.5 Å². The zero-order valence-electron chi connectivity index (χ0n) is 14.2. The van der Waals surface area contributed by atoms with Gasteiger partial charge in [0, 0.05) is 12.1 Å². The van der Waals surface area contributed by atoms with E-state index in [0.717, 1.165) is 17.5 Å². The molecule has 1 amide bonds. The highest BCUT2D eigenvalue weighted by molar-refractivity contribution is 7.17. The van der Waals surface area contributed by atoms with Gasteiger partial charge in [-0.15, -0.1) is 11.3 Å². The van der Waals surface area contributed by atoms with Crippen molar-refractivity contribution in [1.29, 1.82) is 0 Å². The van der Waals surface area contributed by atoms with Crippen molar-refractivity contribution in [3.8, 4) is 0 Å². The van der Waals surface area contributed by atoms with E-state index in [1.165, 1.54) is 11.3 Å². The van der Waals surface area contributed by atoms with Gasteiger partial charge in [-0.05, 0) is 36.1 Å². The summed E-state index contributed by atoms with van der Waals surface area (Å²) in [6, 6.07) is 7.20. The number of carbonyl (C=O) groups is 1. The van der Waals surface area contributed by atoms with Crippen molar-refractivity contribution in [3.05, 3.63) is 57.7 Å². The van der Waals surface area contributed by atoms with E-state index in [-0.39, 0.29) is 18.0 Å². The summed E-state index contributed by atoms with van der Waals surface area (Å²) >= 11 is 1.36. The molecule has 1 aromatic carbocycles. The van der Waals surface area contributed by atoms with Crippen molar-refractivity contribution in [3.63, 3.8) is 0 Å². The summed E-state index contributed by atoms with van der Waals surface area (Å²) in [5, 5.41) is 1.84. The lowest BCUT2D eigenvalue weighted by molar-refractivity contribution is 0.0739. The van der Waals surface area contributed by atoms with Crippen LogP contribution in [0.15, 0.2) is 40.8 Å². The minimum atomic E-state index is -0.164. The molecule has 2 N–H and O–H groups in total. The number of H-pyrrole nitrogens is 2. The standard InChI is InChI=1S/C18H17N5O2S/c1-2-6-23(9-15-21-13-5-7-26-16(13)17(24)22-15)18(25)11-3-4-12-14(8-11)20-10-19-12/h3-5,7-8,10H,2,6,9H2,1H3,(H,19,20)(H,21,22,24). The fourth-order valence-electron chi connectivity index (χ4n) is 2.95. The van der Waals surface area contributed by atoms with Gasteiger partial charge in [-0.2, -0.15) is 0 Å². The number of carbonyl (C=O) groups excluding carboxylic acids is 1. The van der Waals surface area contributed by atoms with Gasteiger partial charge in [0.1, 0.15) is 10.5 Å². The molecule has 0 fully saturated rings. The molecule has 4 aromatic rings. The highest BCUT2D eigenvalue weighted by atomic mass is 32.1. The summed E-state index contributed by atoms with van der Waals surface area (Å²) in [5.41, 5.74) is 2.71. The number of fused-ring (bicyclic) bond motifs is 2. The maximum Gasteiger partial charge on any atom is 0.268 e. The van der Waals surface area contributed by atoms with E-state index in [9.17, 15) is 9.59 Å². The van der Waals surface area contributed by atoms with Gasteiger partial charge in [0.25, 0.3) is 11.5 Å². The lowest BCUT2D eigenvalue weighted by atomic mass is 10.1. The van der Waals surface area contributed by atoms with Crippen molar-refractivity contribution in [2.75, 3.05) is 6.54 Å². The van der Waals surface area contributed by atoms with Gasteiger partial charge in [-0.1, -0.05) is 6.92 Å². The number of rotatable bonds is 5. The summed E-state index contributed by atoms with van der Waals surface area (Å²) in [7, 11) is 0. The van der Waals surface area contributed by atoms with Crippen LogP contribution in [0.2, 0.25) is 0 Å². The lowest BCUT2D eigenvalue weighted by Crippen LogP contribution is -2.32. The Labute approximate surface area is 152 Å². The Bertz CT molecular complexity index is 1140. The van der Waals surface area contributed by atoms with E-state index in [4.69, 9.17) is 0 Å². The maximum absolute atomic E-state index is 13.0. The molecule has 0 spiro atoms. The van der Waals surface area contributed by atoms with Crippen molar-refractivity contribution in [2.45, 2.75) is 19.9 Å². The fourth-order valence-corrected chi connectivity index (χ4v) is 3.68. The van der Waals surface area contributed by atoms with Gasteiger partial charge in [0.2, 0.25) is 0 Å². The second-order valence-electron chi connectivity index (χ2n) is 6.01. The second-order valence-corrected chi connectivity index (χ2v) is 6.92. The van der Waals surface area contributed by atoms with Crippen LogP contribution in [0.4, 0.5) is 0 Å². The molecule has 0 atom stereocenters. The molecule has 0 aliphatic carbocycles. The van der Waals surface area contributed by atoms with E-state index in [1.54, 1.807) is 23.4 Å². The van der Waals surface area contributed by atoms with E-state index in [1.807, 2.05) is 24.4 Å². The number of aromatic amines is 2. The number of aromatic nitrogens is 4. The summed E-state index contributed by atoms with van der Waals surface area (Å²) in [5.74, 6) is 0.390. The molecular formula is C18H17N5O2S. The molecule has 3 heterocycles. The molecule has 0 aliphatic rings. The van der Waals surface area contributed by atoms with Crippen LogP contribution in [-0.4, -0.2) is 37.3 Å². The monoisotopic (exact) mass is 367 g/mol. The van der Waals surface area contributed by atoms with Gasteiger partial charge in [-0.3, -0.25) is 9.59 Å². The third-order valence-corrected chi connectivity index (χ3v) is 5.05. The number of hydrogen-bond acceptors (Lipinski definition) is 5. The first kappa shape index (κ1) is 16.5. The molecule has 132 valence electrons. The average molecular weight is 367 g/mol. The predicted octanol–water partition coefficient (Wildman–Crippen LogP) is 2.91. The molecule has 0 radical (unpaired) electrons. The fraction of sp³-hybridized carbons (Fsp3) is 0.222. The number of hydrogen-bond donors (Lipinski definition) is 2. The van der Waals surface area contributed by atoms with Crippen LogP contribution in [0.25, 0.3) is 21.3 Å². The van der Waals surface area contributed by atoms with Crippen molar-refractivity contribution in [2.24, 2.45) is 0 Å². The Kier molecular flexibility index (Phi) is 4.26. The first-order valence-electron chi connectivity index (χ1n) is 8.34. The SMILES string of the molecule is CCCN(Cc1nc2ccsc2c(=O)[nH]1)C(=O)c1ccc2nc[nH]c2c1. The third-order valence-electron chi connectivity index (χ3n) is 4.15. The number of amides is 1. The van der Waals surface area contributed by atoms with Crippen LogP contribution in [0.3, 0.4) is 0 Å². The number of nitrogens with one attached hydrogen (secondary N) is 2. The summed E-state index contributed by atoms with van der Waals surface area (Å²) < 4.78 is 0.604. The van der Waals surface area contributed by atoms with Crippen molar-refractivity contribution in [1.82, 2.24) is 24.8 Å². The molecule has 7 nitrogen and oxygen atoms in total. The Hall–Kier alpha value is -3.00. The summed E-state index contributed by atoms with van der Waals surface area (Å²) in [6.45, 7) is 2.84. The maximum atomic E-state index is 13.0. The topological polar surface area (TPSA) is 94.7 Å². The predicted molar refractivity (Wildman–Crippen MR) is 101 cm³/mol. The summed E-state index contributed by atoms with van der Waals surface area (Å²) in [4.78, 5) is 41.3. The van der Waals surface area contributed by atoms with Gasteiger partial charge in [0.15, 0.2) is 0 Å². The molecule has 0 bridgehead atoms. The zero-order valence-corrected chi connectivity index (χ0v) is 15.0. The normalized spacial score (nSPS) is 11.3. The second kappa shape index (κ2) is 6.72.